The SMILES string of the molecule is O=C(C=C1CCCc2c1cnn2-c1ccccc1)N1CCOCC1.O=C(O)C=C1CCCc2c1cnn2-c1ccccc1. The lowest BCUT2D eigenvalue weighted by Gasteiger charge is -2.26. The Morgan fingerprint density at radius 1 is 0.698 bits per heavy atom. The summed E-state index contributed by atoms with van der Waals surface area (Å²) >= 11 is 0. The summed E-state index contributed by atoms with van der Waals surface area (Å²) in [5.74, 6) is -0.802. The number of nitrogens with zero attached hydrogens (tertiary/aromatic N) is 5. The molecule has 0 radical (unpaired) electrons. The summed E-state index contributed by atoms with van der Waals surface area (Å²) in [6.45, 7) is 2.62. The van der Waals surface area contributed by atoms with Crippen molar-refractivity contribution < 1.29 is 19.4 Å². The van der Waals surface area contributed by atoms with Crippen molar-refractivity contribution in [3.63, 3.8) is 0 Å². The standard InChI is InChI=1S/C19H21N3O2.C15H14N2O2/c23-19(21-9-11-24-12-10-21)13-15-5-4-8-18-17(15)14-20-22(18)16-6-2-1-3-7-16;18-15(19)9-11-5-4-8-14-13(11)10-16-17(14)12-6-2-1-3-7-12/h1-3,6-7,13-14H,4-5,8-12H2;1-3,6-7,9-10H,4-5,8H2,(H,18,19). The molecule has 0 unspecified atom stereocenters. The Kier molecular flexibility index (Phi) is 8.60. The normalized spacial score (nSPS) is 18.0. The molecule has 4 aromatic rings. The first-order valence-corrected chi connectivity index (χ1v) is 14.8. The molecule has 7 rings (SSSR count). The van der Waals surface area contributed by atoms with Crippen LogP contribution in [0.15, 0.2) is 85.2 Å². The number of hydrogen-bond acceptors (Lipinski definition) is 5. The van der Waals surface area contributed by atoms with E-state index in [1.54, 1.807) is 12.3 Å². The van der Waals surface area contributed by atoms with Gasteiger partial charge < -0.3 is 14.7 Å². The molecule has 2 aromatic carbocycles. The number of carboxylic acid groups (broad SMARTS) is 1. The smallest absolute Gasteiger partial charge is 0.328 e. The molecule has 0 bridgehead atoms. The molecule has 0 atom stereocenters. The van der Waals surface area contributed by atoms with E-state index in [1.807, 2.05) is 69.0 Å². The Labute approximate surface area is 250 Å². The van der Waals surface area contributed by atoms with Gasteiger partial charge in [-0.3, -0.25) is 4.79 Å². The van der Waals surface area contributed by atoms with Crippen LogP contribution in [-0.2, 0) is 27.2 Å². The minimum atomic E-state index is -0.893. The minimum absolute atomic E-state index is 0.0913. The van der Waals surface area contributed by atoms with Gasteiger partial charge in [0.15, 0.2) is 0 Å². The molecule has 1 amide bonds. The number of hydrogen-bond donors (Lipinski definition) is 1. The van der Waals surface area contributed by atoms with Crippen molar-refractivity contribution in [1.82, 2.24) is 24.5 Å². The van der Waals surface area contributed by atoms with Gasteiger partial charge in [-0.15, -0.1) is 0 Å². The largest absolute Gasteiger partial charge is 0.478 e. The molecule has 2 aromatic heterocycles. The van der Waals surface area contributed by atoms with Crippen LogP contribution in [0.2, 0.25) is 0 Å². The number of amides is 1. The van der Waals surface area contributed by atoms with Gasteiger partial charge in [0, 0.05) is 36.4 Å². The summed E-state index contributed by atoms with van der Waals surface area (Å²) in [4.78, 5) is 25.2. The Morgan fingerprint density at radius 2 is 1.19 bits per heavy atom. The highest BCUT2D eigenvalue weighted by atomic mass is 16.5. The van der Waals surface area contributed by atoms with E-state index < -0.39 is 5.97 Å². The maximum Gasteiger partial charge on any atom is 0.328 e. The van der Waals surface area contributed by atoms with Crippen LogP contribution in [0.4, 0.5) is 0 Å². The number of benzene rings is 2. The number of carbonyl (C=O) groups excluding carboxylic acids is 1. The summed E-state index contributed by atoms with van der Waals surface area (Å²) in [5.41, 5.74) is 8.45. The highest BCUT2D eigenvalue weighted by Gasteiger charge is 2.23. The molecule has 2 aliphatic carbocycles. The molecule has 1 fully saturated rings. The molecule has 1 N–H and O–H groups in total. The van der Waals surface area contributed by atoms with Gasteiger partial charge in [-0.25, -0.2) is 14.2 Å². The molecule has 9 heteroatoms. The van der Waals surface area contributed by atoms with E-state index in [0.29, 0.717) is 26.3 Å². The number of aliphatic carboxylic acids is 1. The van der Waals surface area contributed by atoms with E-state index in [0.717, 1.165) is 77.9 Å². The summed E-state index contributed by atoms with van der Waals surface area (Å²) in [6, 6.07) is 20.1. The van der Waals surface area contributed by atoms with E-state index in [2.05, 4.69) is 22.3 Å². The van der Waals surface area contributed by atoms with Crippen molar-refractivity contribution in [2.45, 2.75) is 38.5 Å². The number of aromatic nitrogens is 4. The zero-order chi connectivity index (χ0) is 29.6. The molecule has 43 heavy (non-hydrogen) atoms. The Morgan fingerprint density at radius 3 is 1.67 bits per heavy atom. The minimum Gasteiger partial charge on any atom is -0.478 e. The Hall–Kier alpha value is -4.76. The summed E-state index contributed by atoms with van der Waals surface area (Å²) in [7, 11) is 0. The van der Waals surface area contributed by atoms with Gasteiger partial charge in [-0.05, 0) is 73.9 Å². The fourth-order valence-electron chi connectivity index (χ4n) is 5.98. The zero-order valence-electron chi connectivity index (χ0n) is 24.1. The molecule has 220 valence electrons. The second kappa shape index (κ2) is 13.0. The first-order valence-electron chi connectivity index (χ1n) is 14.8. The highest BCUT2D eigenvalue weighted by molar-refractivity contribution is 5.96. The van der Waals surface area contributed by atoms with Crippen molar-refractivity contribution in [3.05, 3.63) is 108 Å². The monoisotopic (exact) mass is 577 g/mol. The molecule has 1 aliphatic heterocycles. The number of carboxylic acids is 1. The number of morpholine rings is 1. The Bertz CT molecular complexity index is 1650. The Balaban J connectivity index is 0.000000157. The second-order valence-electron chi connectivity index (χ2n) is 10.8. The van der Waals surface area contributed by atoms with E-state index >= 15 is 0 Å². The zero-order valence-corrected chi connectivity index (χ0v) is 24.1. The van der Waals surface area contributed by atoms with Gasteiger partial charge in [0.25, 0.3) is 0 Å². The van der Waals surface area contributed by atoms with Crippen LogP contribution >= 0.6 is 0 Å². The number of carbonyl (C=O) groups is 2. The maximum absolute atomic E-state index is 12.5. The third kappa shape index (κ3) is 6.36. The lowest BCUT2D eigenvalue weighted by Crippen LogP contribution is -2.39. The van der Waals surface area contributed by atoms with Crippen LogP contribution < -0.4 is 0 Å². The van der Waals surface area contributed by atoms with Crippen molar-refractivity contribution in [2.75, 3.05) is 26.3 Å². The van der Waals surface area contributed by atoms with Crippen LogP contribution in [0.3, 0.4) is 0 Å². The molecular formula is C34H35N5O4. The third-order valence-corrected chi connectivity index (χ3v) is 8.07. The van der Waals surface area contributed by atoms with Crippen LogP contribution in [-0.4, -0.2) is 67.7 Å². The average molecular weight is 578 g/mol. The number of ether oxygens (including phenoxy) is 1. The first-order chi connectivity index (χ1) is 21.1. The van der Waals surface area contributed by atoms with Gasteiger partial charge in [0.05, 0.1) is 48.4 Å². The predicted octanol–water partition coefficient (Wildman–Crippen LogP) is 5.13. The van der Waals surface area contributed by atoms with Gasteiger partial charge in [-0.1, -0.05) is 36.4 Å². The van der Waals surface area contributed by atoms with Gasteiger partial charge in [0.1, 0.15) is 0 Å². The lowest BCUT2D eigenvalue weighted by atomic mass is 9.92. The summed E-state index contributed by atoms with van der Waals surface area (Å²) in [6.07, 6.45) is 12.5. The number of allylic oxidation sites excluding steroid dienone is 2. The quantitative estimate of drug-likeness (QED) is 0.338. The van der Waals surface area contributed by atoms with Crippen molar-refractivity contribution in [1.29, 1.82) is 0 Å². The molecule has 0 saturated carbocycles. The predicted molar refractivity (Wildman–Crippen MR) is 164 cm³/mol. The fraction of sp³-hybridized carbons (Fsp3) is 0.294. The average Bonchev–Trinajstić information content (AvgIpc) is 3.69. The van der Waals surface area contributed by atoms with Crippen LogP contribution in [0.1, 0.15) is 48.2 Å². The van der Waals surface area contributed by atoms with Crippen LogP contribution in [0.5, 0.6) is 0 Å². The molecule has 3 heterocycles. The van der Waals surface area contributed by atoms with Gasteiger partial charge in [0.2, 0.25) is 5.91 Å². The second-order valence-corrected chi connectivity index (χ2v) is 10.8. The fourth-order valence-corrected chi connectivity index (χ4v) is 5.98. The maximum atomic E-state index is 12.5. The van der Waals surface area contributed by atoms with Gasteiger partial charge in [-0.2, -0.15) is 10.2 Å². The lowest BCUT2D eigenvalue weighted by molar-refractivity contribution is -0.131. The van der Waals surface area contributed by atoms with Crippen LogP contribution in [0.25, 0.3) is 22.5 Å². The van der Waals surface area contributed by atoms with Crippen molar-refractivity contribution >= 4 is 23.0 Å². The summed E-state index contributed by atoms with van der Waals surface area (Å²) in [5, 5.41) is 17.9. The van der Waals surface area contributed by atoms with Crippen molar-refractivity contribution in [3.8, 4) is 11.4 Å². The number of rotatable bonds is 4. The van der Waals surface area contributed by atoms with E-state index in [4.69, 9.17) is 9.84 Å². The molecule has 9 nitrogen and oxygen atoms in total. The van der Waals surface area contributed by atoms with Crippen molar-refractivity contribution in [2.24, 2.45) is 0 Å². The molecule has 0 spiro atoms. The van der Waals surface area contributed by atoms with Crippen LogP contribution in [0, 0.1) is 0 Å². The van der Waals surface area contributed by atoms with E-state index in [-0.39, 0.29) is 5.91 Å². The summed E-state index contributed by atoms with van der Waals surface area (Å²) < 4.78 is 9.23. The third-order valence-electron chi connectivity index (χ3n) is 8.07. The van der Waals surface area contributed by atoms with E-state index in [1.165, 1.54) is 11.8 Å². The molecule has 1 saturated heterocycles. The molecular weight excluding hydrogens is 542 g/mol. The number of para-hydroxylation sites is 2. The van der Waals surface area contributed by atoms with E-state index in [9.17, 15) is 9.59 Å². The van der Waals surface area contributed by atoms with Gasteiger partial charge >= 0.3 is 5.97 Å². The first kappa shape index (κ1) is 28.4. The highest BCUT2D eigenvalue weighted by Crippen LogP contribution is 2.33. The molecule has 3 aliphatic rings. The topological polar surface area (TPSA) is 102 Å². The number of fused-ring (bicyclic) bond motifs is 2.